The summed E-state index contributed by atoms with van der Waals surface area (Å²) in [7, 11) is -3.35. The lowest BCUT2D eigenvalue weighted by molar-refractivity contribution is 0.268. The van der Waals surface area contributed by atoms with Gasteiger partial charge in [0.2, 0.25) is 10.0 Å². The lowest BCUT2D eigenvalue weighted by Crippen LogP contribution is -2.42. The maximum atomic E-state index is 12.7. The molecule has 0 aliphatic carbocycles. The minimum atomic E-state index is -3.35. The van der Waals surface area contributed by atoms with Gasteiger partial charge < -0.3 is 4.98 Å². The summed E-state index contributed by atoms with van der Waals surface area (Å²) in [5.74, 6) is 0.362. The van der Waals surface area contributed by atoms with Gasteiger partial charge in [-0.1, -0.05) is 0 Å². The second kappa shape index (κ2) is 7.00. The Bertz CT molecular complexity index is 1530. The molecule has 0 saturated carbocycles. The zero-order chi connectivity index (χ0) is 21.8. The van der Waals surface area contributed by atoms with E-state index in [1.54, 1.807) is 29.0 Å². The third-order valence-electron chi connectivity index (χ3n) is 5.54. The van der Waals surface area contributed by atoms with Crippen LogP contribution in [0.1, 0.15) is 24.4 Å². The van der Waals surface area contributed by atoms with Crippen molar-refractivity contribution in [3.8, 4) is 17.5 Å². The molecule has 5 heterocycles. The Morgan fingerprint density at radius 3 is 2.94 bits per heavy atom. The Kier molecular flexibility index (Phi) is 4.38. The lowest BCUT2D eigenvalue weighted by Gasteiger charge is -2.31. The number of nitriles is 1. The molecule has 0 unspecified atom stereocenters. The van der Waals surface area contributed by atoms with E-state index in [-0.39, 0.29) is 18.3 Å². The Balaban J connectivity index is 1.63. The summed E-state index contributed by atoms with van der Waals surface area (Å²) in [6, 6.07) is 5.13. The van der Waals surface area contributed by atoms with Crippen LogP contribution in [0.15, 0.2) is 35.5 Å². The molecule has 0 aromatic carbocycles. The third-order valence-corrected chi connectivity index (χ3v) is 6.81. The zero-order valence-electron chi connectivity index (χ0n) is 16.6. The predicted octanol–water partition coefficient (Wildman–Crippen LogP) is 0.902. The lowest BCUT2D eigenvalue weighted by atomic mass is 10.1. The molecule has 4 aromatic heterocycles. The summed E-state index contributed by atoms with van der Waals surface area (Å²) < 4.78 is 28.6. The largest absolute Gasteiger partial charge is 0.328 e. The van der Waals surface area contributed by atoms with E-state index in [1.807, 2.05) is 0 Å². The highest BCUT2D eigenvalue weighted by Gasteiger charge is 2.29. The van der Waals surface area contributed by atoms with Crippen molar-refractivity contribution in [2.75, 3.05) is 19.3 Å². The molecule has 0 spiro atoms. The molecule has 1 aliphatic heterocycles. The molecule has 158 valence electrons. The molecule has 1 saturated heterocycles. The fourth-order valence-corrected chi connectivity index (χ4v) is 4.94. The first-order valence-corrected chi connectivity index (χ1v) is 11.5. The number of hydrogen-bond acceptors (Lipinski definition) is 7. The van der Waals surface area contributed by atoms with Gasteiger partial charge in [-0.3, -0.25) is 4.57 Å². The van der Waals surface area contributed by atoms with Crippen LogP contribution in [0.4, 0.5) is 0 Å². The zero-order valence-corrected chi connectivity index (χ0v) is 17.4. The molecule has 11 nitrogen and oxygen atoms in total. The van der Waals surface area contributed by atoms with E-state index in [1.165, 1.54) is 21.3 Å². The van der Waals surface area contributed by atoms with Gasteiger partial charge in [0.05, 0.1) is 47.4 Å². The Labute approximate surface area is 176 Å². The molecule has 12 heteroatoms. The molecular formula is C19H18N8O3S. The number of fused-ring (bicyclic) bond motifs is 2. The number of aromatic amines is 1. The highest BCUT2D eigenvalue weighted by molar-refractivity contribution is 7.88. The van der Waals surface area contributed by atoms with Gasteiger partial charge in [0.1, 0.15) is 5.52 Å². The van der Waals surface area contributed by atoms with Crippen LogP contribution in [0.2, 0.25) is 0 Å². The fourth-order valence-electron chi connectivity index (χ4n) is 4.04. The molecule has 31 heavy (non-hydrogen) atoms. The summed E-state index contributed by atoms with van der Waals surface area (Å²) in [4.78, 5) is 24.5. The summed E-state index contributed by atoms with van der Waals surface area (Å²) >= 11 is 0. The number of pyridine rings is 1. The monoisotopic (exact) mass is 438 g/mol. The molecule has 1 fully saturated rings. The minimum Gasteiger partial charge on any atom is -0.303 e. The van der Waals surface area contributed by atoms with Crippen molar-refractivity contribution in [1.82, 2.24) is 33.4 Å². The normalized spacial score (nSPS) is 17.9. The number of piperidine rings is 1. The first kappa shape index (κ1) is 19.4. The van der Waals surface area contributed by atoms with Gasteiger partial charge >= 0.3 is 5.69 Å². The Morgan fingerprint density at radius 1 is 1.32 bits per heavy atom. The number of nitrogens with zero attached hydrogens (tertiary/aromatic N) is 7. The number of sulfonamides is 1. The number of nitrogens with one attached hydrogen (secondary N) is 1. The van der Waals surface area contributed by atoms with E-state index in [0.717, 1.165) is 0 Å². The van der Waals surface area contributed by atoms with Crippen LogP contribution < -0.4 is 5.69 Å². The second-order valence-corrected chi connectivity index (χ2v) is 9.55. The van der Waals surface area contributed by atoms with Gasteiger partial charge in [-0.25, -0.2) is 32.0 Å². The van der Waals surface area contributed by atoms with Crippen LogP contribution in [-0.2, 0) is 10.0 Å². The Morgan fingerprint density at radius 2 is 2.16 bits per heavy atom. The quantitative estimate of drug-likeness (QED) is 0.501. The van der Waals surface area contributed by atoms with Crippen molar-refractivity contribution in [3.05, 3.63) is 46.8 Å². The van der Waals surface area contributed by atoms with Gasteiger partial charge in [0.25, 0.3) is 0 Å². The molecule has 0 bridgehead atoms. The van der Waals surface area contributed by atoms with E-state index in [4.69, 9.17) is 0 Å². The summed E-state index contributed by atoms with van der Waals surface area (Å²) in [5, 5.41) is 13.5. The van der Waals surface area contributed by atoms with Crippen LogP contribution in [0, 0.1) is 11.3 Å². The summed E-state index contributed by atoms with van der Waals surface area (Å²) in [6.07, 6.45) is 7.32. The highest BCUT2D eigenvalue weighted by Crippen LogP contribution is 2.27. The molecule has 1 N–H and O–H groups in total. The van der Waals surface area contributed by atoms with Crippen molar-refractivity contribution in [2.24, 2.45) is 0 Å². The van der Waals surface area contributed by atoms with Gasteiger partial charge in [-0.05, 0) is 25.0 Å². The number of aromatic nitrogens is 6. The first-order valence-electron chi connectivity index (χ1n) is 9.65. The number of imidazole rings is 1. The van der Waals surface area contributed by atoms with Crippen molar-refractivity contribution in [3.63, 3.8) is 0 Å². The first-order chi connectivity index (χ1) is 14.8. The molecule has 1 aliphatic rings. The third kappa shape index (κ3) is 3.28. The SMILES string of the molecule is CS(=O)(=O)N1CCC[C@H](n2c(=O)[nH]c3cnc(-c4cnn5ccc(C#N)cc45)nc32)C1. The van der Waals surface area contributed by atoms with E-state index >= 15 is 0 Å². The Hall–Kier alpha value is -3.56. The highest BCUT2D eigenvalue weighted by atomic mass is 32.2. The van der Waals surface area contributed by atoms with Crippen molar-refractivity contribution >= 4 is 26.7 Å². The van der Waals surface area contributed by atoms with Gasteiger partial charge in [0.15, 0.2) is 11.5 Å². The van der Waals surface area contributed by atoms with E-state index in [0.29, 0.717) is 53.0 Å². The number of rotatable bonds is 3. The van der Waals surface area contributed by atoms with Crippen LogP contribution in [0.25, 0.3) is 28.1 Å². The van der Waals surface area contributed by atoms with Gasteiger partial charge in [-0.15, -0.1) is 0 Å². The molecule has 0 radical (unpaired) electrons. The van der Waals surface area contributed by atoms with Crippen molar-refractivity contribution < 1.29 is 8.42 Å². The number of hydrogen-bond donors (Lipinski definition) is 1. The average molecular weight is 438 g/mol. The molecule has 0 amide bonds. The fraction of sp³-hybridized carbons (Fsp3) is 0.316. The second-order valence-electron chi connectivity index (χ2n) is 7.56. The molecule has 5 rings (SSSR count). The van der Waals surface area contributed by atoms with Crippen molar-refractivity contribution in [1.29, 1.82) is 5.26 Å². The number of H-pyrrole nitrogens is 1. The van der Waals surface area contributed by atoms with E-state index in [2.05, 4.69) is 26.1 Å². The maximum Gasteiger partial charge on any atom is 0.328 e. The molecule has 1 atom stereocenters. The van der Waals surface area contributed by atoms with E-state index < -0.39 is 10.0 Å². The van der Waals surface area contributed by atoms with Gasteiger partial charge in [0, 0.05) is 19.3 Å². The predicted molar refractivity (Wildman–Crippen MR) is 112 cm³/mol. The molecular weight excluding hydrogens is 420 g/mol. The summed E-state index contributed by atoms with van der Waals surface area (Å²) in [5.41, 5.74) is 2.31. The average Bonchev–Trinajstić information content (AvgIpc) is 3.32. The summed E-state index contributed by atoms with van der Waals surface area (Å²) in [6.45, 7) is 0.656. The maximum absolute atomic E-state index is 12.7. The van der Waals surface area contributed by atoms with Crippen molar-refractivity contribution in [2.45, 2.75) is 18.9 Å². The molecule has 4 aromatic rings. The van der Waals surface area contributed by atoms with Crippen LogP contribution in [-0.4, -0.2) is 61.2 Å². The smallest absolute Gasteiger partial charge is 0.303 e. The van der Waals surface area contributed by atoms with E-state index in [9.17, 15) is 18.5 Å². The minimum absolute atomic E-state index is 0.216. The van der Waals surface area contributed by atoms with Crippen LogP contribution in [0.5, 0.6) is 0 Å². The van der Waals surface area contributed by atoms with Crippen LogP contribution >= 0.6 is 0 Å². The standard InChI is InChI=1S/C19H18N8O3S/c1-31(29,30)25-5-2-3-13(11-25)27-18-15(23-19(27)28)10-21-17(24-18)14-9-22-26-6-4-12(8-20)7-16(14)26/h4,6-7,9-10,13H,2-3,5,11H2,1H3,(H,23,28)/t13-/m0/s1. The van der Waals surface area contributed by atoms with Crippen LogP contribution in [0.3, 0.4) is 0 Å². The topological polar surface area (TPSA) is 142 Å². The van der Waals surface area contributed by atoms with Gasteiger partial charge in [-0.2, -0.15) is 10.4 Å².